The van der Waals surface area contributed by atoms with Crippen molar-refractivity contribution in [3.05, 3.63) is 0 Å². The van der Waals surface area contributed by atoms with E-state index in [1.165, 1.54) is 16.7 Å². The third-order valence-corrected chi connectivity index (χ3v) is 6.54. The van der Waals surface area contributed by atoms with Gasteiger partial charge in [0.25, 0.3) is 0 Å². The minimum Gasteiger partial charge on any atom is -0.480 e. The summed E-state index contributed by atoms with van der Waals surface area (Å²) < 4.78 is 0. The second kappa shape index (κ2) is 12.6. The summed E-state index contributed by atoms with van der Waals surface area (Å²) in [6, 6.07) is -3.70. The molecular formula is C19H32N6O6S. The maximum absolute atomic E-state index is 12.7. The van der Waals surface area contributed by atoms with E-state index >= 15 is 0 Å². The number of fused-ring (bicyclic) bond motifs is 1. The van der Waals surface area contributed by atoms with Gasteiger partial charge in [0.2, 0.25) is 23.6 Å². The number of nitrogens with zero attached hydrogens (tertiary/aromatic N) is 1. The zero-order chi connectivity index (χ0) is 23.7. The third kappa shape index (κ3) is 7.35. The molecule has 2 rings (SSSR count). The van der Waals surface area contributed by atoms with Crippen LogP contribution in [0.2, 0.25) is 0 Å². The monoisotopic (exact) mass is 472 g/mol. The second-order valence-corrected chi connectivity index (χ2v) is 8.93. The summed E-state index contributed by atoms with van der Waals surface area (Å²) in [4.78, 5) is 63.1. The number of aliphatic carboxylic acids is 1. The van der Waals surface area contributed by atoms with Crippen molar-refractivity contribution < 1.29 is 29.1 Å². The number of rotatable bonds is 7. The zero-order valence-electron chi connectivity index (χ0n) is 17.9. The molecule has 0 aromatic carbocycles. The van der Waals surface area contributed by atoms with Crippen LogP contribution in [0.1, 0.15) is 32.1 Å². The molecule has 0 aromatic rings. The van der Waals surface area contributed by atoms with Gasteiger partial charge in [-0.05, 0) is 38.6 Å². The zero-order valence-corrected chi connectivity index (χ0v) is 18.7. The molecule has 8 N–H and O–H groups in total. The Morgan fingerprint density at radius 3 is 2.69 bits per heavy atom. The topological polar surface area (TPSA) is 197 Å². The highest BCUT2D eigenvalue weighted by Crippen LogP contribution is 2.19. The number of carboxylic acids is 1. The molecule has 0 spiro atoms. The highest BCUT2D eigenvalue weighted by molar-refractivity contribution is 7.99. The summed E-state index contributed by atoms with van der Waals surface area (Å²) in [7, 11) is 0. The smallest absolute Gasteiger partial charge is 0.326 e. The molecule has 0 aliphatic carbocycles. The Morgan fingerprint density at radius 1 is 1.25 bits per heavy atom. The van der Waals surface area contributed by atoms with E-state index in [1.54, 1.807) is 0 Å². The molecule has 0 unspecified atom stereocenters. The molecule has 0 radical (unpaired) electrons. The first-order valence-corrected chi connectivity index (χ1v) is 11.8. The Hall–Kier alpha value is -2.38. The Labute approximate surface area is 190 Å². The fraction of sp³-hybridized carbons (Fsp3) is 0.737. The number of unbranched alkanes of at least 4 members (excludes halogenated alkanes) is 1. The number of nitrogens with one attached hydrogen (secondary N) is 3. The van der Waals surface area contributed by atoms with Crippen LogP contribution in [-0.4, -0.2) is 94.9 Å². The standard InChI is InChI=1S/C19H32N6O6S/c20-6-2-1-4-12(19(30)31)24-16(27)13-10-32-9-11(21)18(29)25-7-3-5-14(25)17(28)22-8-15(26)23-13/h11-14H,1-10,20-21H2,(H,22,28)(H,23,26)(H,24,27)(H,30,31)/t11-,12+,13+,14+/m1/s1. The van der Waals surface area contributed by atoms with E-state index in [0.29, 0.717) is 38.8 Å². The van der Waals surface area contributed by atoms with Gasteiger partial charge in [0.15, 0.2) is 0 Å². The Balaban J connectivity index is 2.08. The number of carboxylic acid groups (broad SMARTS) is 1. The summed E-state index contributed by atoms with van der Waals surface area (Å²) >= 11 is 1.20. The molecule has 13 heteroatoms. The van der Waals surface area contributed by atoms with E-state index in [1.807, 2.05) is 0 Å². The summed E-state index contributed by atoms with van der Waals surface area (Å²) in [6.07, 6.45) is 2.52. The van der Waals surface area contributed by atoms with Gasteiger partial charge in [-0.3, -0.25) is 19.2 Å². The van der Waals surface area contributed by atoms with Crippen molar-refractivity contribution >= 4 is 41.4 Å². The van der Waals surface area contributed by atoms with E-state index in [0.717, 1.165) is 0 Å². The van der Waals surface area contributed by atoms with Crippen molar-refractivity contribution in [1.29, 1.82) is 0 Å². The van der Waals surface area contributed by atoms with Crippen LogP contribution in [0.15, 0.2) is 0 Å². The first-order valence-electron chi connectivity index (χ1n) is 10.7. The van der Waals surface area contributed by atoms with Gasteiger partial charge in [-0.15, -0.1) is 0 Å². The number of hydrogen-bond acceptors (Lipinski definition) is 8. The SMILES string of the molecule is NCCCC[C@H](NC(=O)[C@@H]1CSC[C@@H](N)C(=O)N2CCC[C@H]2C(=O)NCC(=O)N1)C(=O)O. The van der Waals surface area contributed by atoms with Crippen LogP contribution in [0, 0.1) is 0 Å². The molecule has 2 fully saturated rings. The van der Waals surface area contributed by atoms with E-state index in [4.69, 9.17) is 11.5 Å². The normalized spacial score (nSPS) is 26.0. The highest BCUT2D eigenvalue weighted by atomic mass is 32.2. The van der Waals surface area contributed by atoms with Gasteiger partial charge in [-0.1, -0.05) is 0 Å². The van der Waals surface area contributed by atoms with Crippen molar-refractivity contribution in [1.82, 2.24) is 20.9 Å². The molecule has 0 bridgehead atoms. The largest absolute Gasteiger partial charge is 0.480 e. The van der Waals surface area contributed by atoms with Crippen LogP contribution in [0.3, 0.4) is 0 Å². The number of thioether (sulfide) groups is 1. The number of carbonyl (C=O) groups excluding carboxylic acids is 4. The number of hydrogen-bond donors (Lipinski definition) is 6. The number of carbonyl (C=O) groups is 5. The summed E-state index contributed by atoms with van der Waals surface area (Å²) in [6.45, 7) is 0.475. The van der Waals surface area contributed by atoms with Gasteiger partial charge in [0.05, 0.1) is 12.6 Å². The summed E-state index contributed by atoms with van der Waals surface area (Å²) in [5.41, 5.74) is 11.4. The number of nitrogens with two attached hydrogens (primary N) is 2. The van der Waals surface area contributed by atoms with E-state index in [2.05, 4.69) is 16.0 Å². The van der Waals surface area contributed by atoms with Crippen molar-refractivity contribution in [2.24, 2.45) is 11.5 Å². The van der Waals surface area contributed by atoms with Crippen LogP contribution in [0.4, 0.5) is 0 Å². The van der Waals surface area contributed by atoms with Gasteiger partial charge >= 0.3 is 5.97 Å². The van der Waals surface area contributed by atoms with Crippen molar-refractivity contribution in [3.63, 3.8) is 0 Å². The Kier molecular flexibility index (Phi) is 10.2. The maximum atomic E-state index is 12.7. The molecule has 12 nitrogen and oxygen atoms in total. The lowest BCUT2D eigenvalue weighted by atomic mass is 10.1. The van der Waals surface area contributed by atoms with Crippen LogP contribution in [-0.2, 0) is 24.0 Å². The minimum atomic E-state index is -1.18. The van der Waals surface area contributed by atoms with Crippen LogP contribution >= 0.6 is 11.8 Å². The Bertz CT molecular complexity index is 722. The summed E-state index contributed by atoms with van der Waals surface area (Å²) in [5.74, 6) is -2.95. The predicted molar refractivity (Wildman–Crippen MR) is 117 cm³/mol. The number of amides is 4. The lowest BCUT2D eigenvalue weighted by Gasteiger charge is -2.26. The average molecular weight is 473 g/mol. The van der Waals surface area contributed by atoms with E-state index in [9.17, 15) is 29.1 Å². The molecule has 32 heavy (non-hydrogen) atoms. The molecule has 0 saturated carbocycles. The molecule has 2 aliphatic heterocycles. The third-order valence-electron chi connectivity index (χ3n) is 5.37. The molecule has 2 aliphatic rings. The molecule has 4 amide bonds. The second-order valence-electron chi connectivity index (χ2n) is 7.86. The summed E-state index contributed by atoms with van der Waals surface area (Å²) in [5, 5.41) is 16.9. The first-order chi connectivity index (χ1) is 15.2. The van der Waals surface area contributed by atoms with Gasteiger partial charge in [0, 0.05) is 18.1 Å². The maximum Gasteiger partial charge on any atom is 0.326 e. The predicted octanol–water partition coefficient (Wildman–Crippen LogP) is -2.65. The van der Waals surface area contributed by atoms with Crippen LogP contribution < -0.4 is 27.4 Å². The Morgan fingerprint density at radius 2 is 2.00 bits per heavy atom. The molecule has 2 heterocycles. The van der Waals surface area contributed by atoms with Crippen LogP contribution in [0.5, 0.6) is 0 Å². The van der Waals surface area contributed by atoms with Gasteiger partial charge < -0.3 is 37.4 Å². The highest BCUT2D eigenvalue weighted by Gasteiger charge is 2.37. The fourth-order valence-corrected chi connectivity index (χ4v) is 4.64. The molecule has 4 atom stereocenters. The van der Waals surface area contributed by atoms with Gasteiger partial charge in [0.1, 0.15) is 18.1 Å². The molecular weight excluding hydrogens is 440 g/mol. The lowest BCUT2D eigenvalue weighted by molar-refractivity contribution is -0.142. The first kappa shape index (κ1) is 25.9. The van der Waals surface area contributed by atoms with E-state index in [-0.39, 0.29) is 30.4 Å². The average Bonchev–Trinajstić information content (AvgIpc) is 3.24. The van der Waals surface area contributed by atoms with Crippen LogP contribution in [0.25, 0.3) is 0 Å². The quantitative estimate of drug-likeness (QED) is 0.214. The van der Waals surface area contributed by atoms with Crippen molar-refractivity contribution in [3.8, 4) is 0 Å². The van der Waals surface area contributed by atoms with Crippen molar-refractivity contribution in [2.75, 3.05) is 31.1 Å². The van der Waals surface area contributed by atoms with Gasteiger partial charge in [-0.2, -0.15) is 11.8 Å². The van der Waals surface area contributed by atoms with E-state index < -0.39 is 47.9 Å². The van der Waals surface area contributed by atoms with Gasteiger partial charge in [-0.25, -0.2) is 4.79 Å². The van der Waals surface area contributed by atoms with Crippen molar-refractivity contribution in [2.45, 2.75) is 56.3 Å². The lowest BCUT2D eigenvalue weighted by Crippen LogP contribution is -2.54. The molecule has 0 aromatic heterocycles. The molecule has 180 valence electrons. The fourth-order valence-electron chi connectivity index (χ4n) is 3.64. The minimum absolute atomic E-state index is 0.0884. The molecule has 2 saturated heterocycles.